The van der Waals surface area contributed by atoms with Gasteiger partial charge >= 0.3 is 0 Å². The first kappa shape index (κ1) is 20.1. The average molecular weight is 415 g/mol. The Morgan fingerprint density at radius 3 is 2.62 bits per heavy atom. The molecule has 2 atom stereocenters. The first-order chi connectivity index (χ1) is 14.1. The van der Waals surface area contributed by atoms with E-state index in [1.54, 1.807) is 0 Å². The van der Waals surface area contributed by atoms with E-state index in [2.05, 4.69) is 38.2 Å². The molecule has 0 saturated carbocycles. The predicted molar refractivity (Wildman–Crippen MR) is 114 cm³/mol. The Balaban J connectivity index is 1.41. The third-order valence-corrected chi connectivity index (χ3v) is 6.29. The summed E-state index contributed by atoms with van der Waals surface area (Å²) in [5.74, 6) is 1.58. The number of likely N-dealkylation sites (tertiary alicyclic amines) is 1. The van der Waals surface area contributed by atoms with E-state index in [1.807, 2.05) is 12.1 Å². The Kier molecular flexibility index (Phi) is 6.34. The highest BCUT2D eigenvalue weighted by atomic mass is 35.5. The van der Waals surface area contributed by atoms with Crippen molar-refractivity contribution in [2.75, 3.05) is 26.2 Å². The molecule has 2 fully saturated rings. The Labute approximate surface area is 176 Å². The van der Waals surface area contributed by atoms with E-state index in [-0.39, 0.29) is 6.10 Å². The third kappa shape index (κ3) is 4.89. The lowest BCUT2D eigenvalue weighted by Gasteiger charge is -2.46. The van der Waals surface area contributed by atoms with Crippen LogP contribution in [0.2, 0.25) is 5.02 Å². The van der Waals surface area contributed by atoms with Crippen LogP contribution in [0, 0.1) is 11.3 Å². The third-order valence-electron chi connectivity index (χ3n) is 6.04. The summed E-state index contributed by atoms with van der Waals surface area (Å²) < 4.78 is 6.01. The van der Waals surface area contributed by atoms with Crippen LogP contribution >= 0.6 is 11.6 Å². The van der Waals surface area contributed by atoms with Crippen LogP contribution in [0.25, 0.3) is 0 Å². The molecule has 154 valence electrons. The summed E-state index contributed by atoms with van der Waals surface area (Å²) in [5, 5.41) is 18.1. The number of rotatable bonds is 4. The number of nitrogens with two attached hydrogens (primary N) is 1. The van der Waals surface area contributed by atoms with Crippen molar-refractivity contribution >= 4 is 23.3 Å². The summed E-state index contributed by atoms with van der Waals surface area (Å²) in [6.45, 7) is 3.39. The van der Waals surface area contributed by atoms with Gasteiger partial charge in [0.15, 0.2) is 0 Å². The normalized spacial score (nSPS) is 26.1. The summed E-state index contributed by atoms with van der Waals surface area (Å²) in [6, 6.07) is 11.1. The molecule has 7 nitrogen and oxygen atoms in total. The molecule has 2 N–H and O–H groups in total. The van der Waals surface area contributed by atoms with Gasteiger partial charge in [-0.15, -0.1) is 10.2 Å². The van der Waals surface area contributed by atoms with Gasteiger partial charge in [0.25, 0.3) is 0 Å². The molecular formula is C21H27ClN6O. The molecule has 3 heterocycles. The number of amidine groups is 2. The molecule has 29 heavy (non-hydrogen) atoms. The van der Waals surface area contributed by atoms with Gasteiger partial charge in [-0.2, -0.15) is 5.26 Å². The van der Waals surface area contributed by atoms with Crippen molar-refractivity contribution in [3.8, 4) is 6.07 Å². The van der Waals surface area contributed by atoms with Crippen molar-refractivity contribution in [2.45, 2.75) is 50.3 Å². The fourth-order valence-corrected chi connectivity index (χ4v) is 4.63. The molecule has 0 radical (unpaired) electrons. The maximum absolute atomic E-state index is 9.12. The molecule has 0 amide bonds. The number of hydrogen-bond acceptors (Lipinski definition) is 7. The standard InChI is InChI=1S/C21H27ClN6O/c22-16-3-1-15(2-4-16)11-18-14-29-19(5-8-23)13-28(18)17-6-9-27(10-7-17)21-12-20(24)25-26-21/h1-4,17-19H,5-7,9-14H2,(H2,24,25)/t18-,19-/m0/s1. The number of benzene rings is 1. The van der Waals surface area contributed by atoms with Gasteiger partial charge in [-0.1, -0.05) is 23.7 Å². The molecule has 8 heteroatoms. The lowest BCUT2D eigenvalue weighted by molar-refractivity contribution is -0.0828. The second-order valence-electron chi connectivity index (χ2n) is 8.00. The number of morpholine rings is 1. The number of hydrogen-bond donors (Lipinski definition) is 1. The van der Waals surface area contributed by atoms with Crippen molar-refractivity contribution in [1.82, 2.24) is 9.80 Å². The van der Waals surface area contributed by atoms with Crippen LogP contribution in [0.3, 0.4) is 0 Å². The van der Waals surface area contributed by atoms with Crippen molar-refractivity contribution in [2.24, 2.45) is 15.9 Å². The Morgan fingerprint density at radius 2 is 1.97 bits per heavy atom. The van der Waals surface area contributed by atoms with Crippen LogP contribution < -0.4 is 5.73 Å². The molecule has 2 saturated heterocycles. The Morgan fingerprint density at radius 1 is 1.21 bits per heavy atom. The van der Waals surface area contributed by atoms with Gasteiger partial charge in [0.2, 0.25) is 0 Å². The molecule has 0 spiro atoms. The smallest absolute Gasteiger partial charge is 0.135 e. The lowest BCUT2D eigenvalue weighted by Crippen LogP contribution is -2.57. The number of nitriles is 1. The molecule has 1 aromatic rings. The van der Waals surface area contributed by atoms with Gasteiger partial charge in [0, 0.05) is 36.7 Å². The topological polar surface area (TPSA) is 90.2 Å². The highest BCUT2D eigenvalue weighted by Gasteiger charge is 2.36. The zero-order valence-electron chi connectivity index (χ0n) is 16.5. The SMILES string of the molecule is N#CC[C@H]1CN(C2CCN(C3=NN=C(N)C3)CC2)[C@@H](Cc2ccc(Cl)cc2)CO1. The van der Waals surface area contributed by atoms with E-state index in [0.29, 0.717) is 37.4 Å². The van der Waals surface area contributed by atoms with E-state index >= 15 is 0 Å². The van der Waals surface area contributed by atoms with Gasteiger partial charge < -0.3 is 15.4 Å². The maximum Gasteiger partial charge on any atom is 0.135 e. The van der Waals surface area contributed by atoms with Crippen molar-refractivity contribution < 1.29 is 4.74 Å². The van der Waals surface area contributed by atoms with Gasteiger partial charge in [0.05, 0.1) is 31.6 Å². The molecule has 4 rings (SSSR count). The fourth-order valence-electron chi connectivity index (χ4n) is 4.51. The van der Waals surface area contributed by atoms with E-state index in [9.17, 15) is 0 Å². The Bertz CT molecular complexity index is 809. The summed E-state index contributed by atoms with van der Waals surface area (Å²) in [7, 11) is 0. The van der Waals surface area contributed by atoms with Gasteiger partial charge in [-0.3, -0.25) is 4.90 Å². The summed E-state index contributed by atoms with van der Waals surface area (Å²) in [6.07, 6.45) is 4.15. The maximum atomic E-state index is 9.12. The summed E-state index contributed by atoms with van der Waals surface area (Å²) in [4.78, 5) is 4.89. The largest absolute Gasteiger partial charge is 0.385 e. The van der Waals surface area contributed by atoms with Crippen molar-refractivity contribution in [3.63, 3.8) is 0 Å². The van der Waals surface area contributed by atoms with E-state index in [1.165, 1.54) is 5.56 Å². The van der Waals surface area contributed by atoms with Crippen LogP contribution in [-0.2, 0) is 11.2 Å². The van der Waals surface area contributed by atoms with Gasteiger partial charge in [0.1, 0.15) is 11.7 Å². The highest BCUT2D eigenvalue weighted by Crippen LogP contribution is 2.27. The van der Waals surface area contributed by atoms with Gasteiger partial charge in [-0.05, 0) is 37.0 Å². The predicted octanol–water partition coefficient (Wildman–Crippen LogP) is 2.40. The lowest BCUT2D eigenvalue weighted by atomic mass is 9.95. The van der Waals surface area contributed by atoms with Gasteiger partial charge in [-0.25, -0.2) is 0 Å². The van der Waals surface area contributed by atoms with E-state index in [0.717, 1.165) is 49.8 Å². The minimum absolute atomic E-state index is 0.00750. The minimum atomic E-state index is -0.00750. The van der Waals surface area contributed by atoms with E-state index in [4.69, 9.17) is 27.3 Å². The summed E-state index contributed by atoms with van der Waals surface area (Å²) >= 11 is 6.04. The van der Waals surface area contributed by atoms with E-state index < -0.39 is 0 Å². The molecule has 3 aliphatic rings. The molecule has 0 bridgehead atoms. The molecule has 0 unspecified atom stereocenters. The van der Waals surface area contributed by atoms with Crippen molar-refractivity contribution in [3.05, 3.63) is 34.9 Å². The quantitative estimate of drug-likeness (QED) is 0.816. The van der Waals surface area contributed by atoms with Crippen LogP contribution in [0.4, 0.5) is 0 Å². The zero-order chi connectivity index (χ0) is 20.2. The van der Waals surface area contributed by atoms with Crippen LogP contribution in [-0.4, -0.2) is 65.9 Å². The summed E-state index contributed by atoms with van der Waals surface area (Å²) in [5.41, 5.74) is 7.03. The van der Waals surface area contributed by atoms with Crippen molar-refractivity contribution in [1.29, 1.82) is 5.26 Å². The highest BCUT2D eigenvalue weighted by molar-refractivity contribution is 6.30. The number of halogens is 1. The fraction of sp³-hybridized carbons (Fsp3) is 0.571. The first-order valence-corrected chi connectivity index (χ1v) is 10.6. The first-order valence-electron chi connectivity index (χ1n) is 10.2. The number of ether oxygens (including phenoxy) is 1. The Hall–Kier alpha value is -2.14. The zero-order valence-corrected chi connectivity index (χ0v) is 17.3. The molecule has 3 aliphatic heterocycles. The number of nitrogens with zero attached hydrogens (tertiary/aromatic N) is 5. The monoisotopic (exact) mass is 414 g/mol. The van der Waals surface area contributed by atoms with Crippen LogP contribution in [0.5, 0.6) is 0 Å². The number of piperidine rings is 1. The average Bonchev–Trinajstić information content (AvgIpc) is 3.17. The van der Waals surface area contributed by atoms with Crippen LogP contribution in [0.1, 0.15) is 31.2 Å². The van der Waals surface area contributed by atoms with Crippen LogP contribution in [0.15, 0.2) is 34.5 Å². The molecule has 1 aromatic carbocycles. The molecular weight excluding hydrogens is 388 g/mol. The minimum Gasteiger partial charge on any atom is -0.385 e. The second kappa shape index (κ2) is 9.12. The molecule has 0 aromatic heterocycles. The molecule has 0 aliphatic carbocycles. The second-order valence-corrected chi connectivity index (χ2v) is 8.44.